The third kappa shape index (κ3) is 7.41. The first-order valence-electron chi connectivity index (χ1n) is 8.76. The van der Waals surface area contributed by atoms with Crippen molar-refractivity contribution in [3.05, 3.63) is 50.9 Å². The van der Waals surface area contributed by atoms with Crippen molar-refractivity contribution < 1.29 is 14.3 Å². The van der Waals surface area contributed by atoms with Crippen LogP contribution in [-0.4, -0.2) is 23.5 Å². The fourth-order valence-electron chi connectivity index (χ4n) is 2.30. The lowest BCUT2D eigenvalue weighted by molar-refractivity contribution is -0.121. The maximum absolute atomic E-state index is 12.1. The van der Waals surface area contributed by atoms with Gasteiger partial charge in [-0.25, -0.2) is 0 Å². The van der Waals surface area contributed by atoms with E-state index in [4.69, 9.17) is 17.0 Å². The first-order chi connectivity index (χ1) is 13.7. The minimum Gasteiger partial charge on any atom is -0.482 e. The topological polar surface area (TPSA) is 79.5 Å². The summed E-state index contributed by atoms with van der Waals surface area (Å²) < 4.78 is 7.27. The van der Waals surface area contributed by atoms with Gasteiger partial charge in [0.2, 0.25) is 5.91 Å². The van der Waals surface area contributed by atoms with Gasteiger partial charge in [0.25, 0.3) is 5.91 Å². The largest absolute Gasteiger partial charge is 0.482 e. The average Bonchev–Trinajstić information content (AvgIpc) is 2.60. The molecule has 0 aliphatic carbocycles. The van der Waals surface area contributed by atoms with Gasteiger partial charge < -0.3 is 15.4 Å². The van der Waals surface area contributed by atoms with Crippen LogP contribution in [0, 0.1) is 12.8 Å². The Morgan fingerprint density at radius 3 is 2.38 bits per heavy atom. The normalized spacial score (nSPS) is 10.4. The molecule has 0 atom stereocenters. The first kappa shape index (κ1) is 23.3. The lowest BCUT2D eigenvalue weighted by Gasteiger charge is -2.14. The Bertz CT molecular complexity index is 912. The van der Waals surface area contributed by atoms with Crippen LogP contribution < -0.4 is 20.7 Å². The molecule has 0 aromatic heterocycles. The molecule has 0 fully saturated rings. The van der Waals surface area contributed by atoms with Gasteiger partial charge in [-0.3, -0.25) is 14.9 Å². The van der Waals surface area contributed by atoms with E-state index in [0.29, 0.717) is 17.1 Å². The summed E-state index contributed by atoms with van der Waals surface area (Å²) in [5, 5.41) is 8.44. The fraction of sp³-hybridized carbons (Fsp3) is 0.250. The predicted molar refractivity (Wildman–Crippen MR) is 126 cm³/mol. The van der Waals surface area contributed by atoms with Crippen LogP contribution in [0.3, 0.4) is 0 Å². The minimum absolute atomic E-state index is 0.0791. The highest BCUT2D eigenvalue weighted by Gasteiger charge is 2.11. The summed E-state index contributed by atoms with van der Waals surface area (Å²) >= 11 is 12.0. The van der Waals surface area contributed by atoms with Gasteiger partial charge in [0.05, 0.1) is 4.47 Å². The number of anilines is 2. The van der Waals surface area contributed by atoms with Crippen LogP contribution in [0.15, 0.2) is 45.3 Å². The number of aryl methyl sites for hydroxylation is 1. The van der Waals surface area contributed by atoms with Gasteiger partial charge in [0.1, 0.15) is 5.75 Å². The number of nitrogens with one attached hydrogen (secondary N) is 3. The number of carbonyl (C=O) groups excluding carboxylic acids is 2. The highest BCUT2D eigenvalue weighted by molar-refractivity contribution is 9.11. The lowest BCUT2D eigenvalue weighted by atomic mass is 10.2. The molecule has 9 heteroatoms. The highest BCUT2D eigenvalue weighted by Crippen LogP contribution is 2.32. The zero-order chi connectivity index (χ0) is 21.6. The molecule has 0 saturated carbocycles. The summed E-state index contributed by atoms with van der Waals surface area (Å²) in [6, 6.07) is 10.8. The molecule has 0 saturated heterocycles. The molecule has 2 amide bonds. The van der Waals surface area contributed by atoms with E-state index in [2.05, 4.69) is 47.8 Å². The highest BCUT2D eigenvalue weighted by atomic mass is 79.9. The molecule has 154 valence electrons. The summed E-state index contributed by atoms with van der Waals surface area (Å²) in [7, 11) is 0. The summed E-state index contributed by atoms with van der Waals surface area (Å²) in [5.41, 5.74) is 2.17. The van der Waals surface area contributed by atoms with Crippen molar-refractivity contribution in [3.8, 4) is 5.75 Å². The van der Waals surface area contributed by atoms with Gasteiger partial charge in [-0.2, -0.15) is 0 Å². The van der Waals surface area contributed by atoms with E-state index < -0.39 is 0 Å². The second-order valence-corrected chi connectivity index (χ2v) is 8.73. The molecule has 6 nitrogen and oxygen atoms in total. The number of benzene rings is 2. The molecule has 29 heavy (non-hydrogen) atoms. The van der Waals surface area contributed by atoms with E-state index >= 15 is 0 Å². The number of thiocarbonyl (C=S) groups is 1. The van der Waals surface area contributed by atoms with Gasteiger partial charge in [0.15, 0.2) is 11.7 Å². The molecule has 0 radical (unpaired) electrons. The van der Waals surface area contributed by atoms with Gasteiger partial charge in [-0.15, -0.1) is 0 Å². The monoisotopic (exact) mass is 541 g/mol. The molecule has 0 bridgehead atoms. The van der Waals surface area contributed by atoms with E-state index in [0.717, 1.165) is 14.5 Å². The molecule has 0 unspecified atom stereocenters. The summed E-state index contributed by atoms with van der Waals surface area (Å²) in [4.78, 5) is 24.0. The predicted octanol–water partition coefficient (Wildman–Crippen LogP) is 5.01. The van der Waals surface area contributed by atoms with Crippen LogP contribution in [-0.2, 0) is 9.59 Å². The Hall–Kier alpha value is -1.97. The molecular weight excluding hydrogens is 522 g/mol. The van der Waals surface area contributed by atoms with E-state index in [1.54, 1.807) is 24.3 Å². The third-order valence-corrected chi connectivity index (χ3v) is 4.96. The molecule has 0 aliphatic heterocycles. The molecule has 0 spiro atoms. The van der Waals surface area contributed by atoms with Crippen molar-refractivity contribution in [1.82, 2.24) is 5.32 Å². The minimum atomic E-state index is -0.388. The van der Waals surface area contributed by atoms with Crippen LogP contribution in [0.4, 0.5) is 11.4 Å². The third-order valence-electron chi connectivity index (χ3n) is 3.71. The Kier molecular flexibility index (Phi) is 8.60. The van der Waals surface area contributed by atoms with Crippen molar-refractivity contribution in [2.45, 2.75) is 20.8 Å². The summed E-state index contributed by atoms with van der Waals surface area (Å²) in [6.07, 6.45) is 0. The summed E-state index contributed by atoms with van der Waals surface area (Å²) in [6.45, 7) is 5.34. The van der Waals surface area contributed by atoms with Crippen molar-refractivity contribution in [3.63, 3.8) is 0 Å². The molecule has 0 aliphatic rings. The van der Waals surface area contributed by atoms with Crippen LogP contribution >= 0.6 is 44.1 Å². The van der Waals surface area contributed by atoms with Crippen LogP contribution in [0.5, 0.6) is 5.75 Å². The van der Waals surface area contributed by atoms with E-state index in [-0.39, 0.29) is 29.5 Å². The molecule has 2 aromatic rings. The van der Waals surface area contributed by atoms with E-state index in [1.807, 2.05) is 32.9 Å². The Morgan fingerprint density at radius 1 is 1.10 bits per heavy atom. The number of hydrogen-bond acceptors (Lipinski definition) is 4. The molecular formula is C20H21Br2N3O3S. The first-order valence-corrected chi connectivity index (χ1v) is 10.8. The molecule has 3 N–H and O–H groups in total. The number of carbonyl (C=O) groups is 2. The van der Waals surface area contributed by atoms with E-state index in [9.17, 15) is 9.59 Å². The summed E-state index contributed by atoms with van der Waals surface area (Å²) in [5.74, 6) is 0.00256. The maximum Gasteiger partial charge on any atom is 0.264 e. The van der Waals surface area contributed by atoms with E-state index in [1.165, 1.54) is 0 Å². The Morgan fingerprint density at radius 2 is 1.76 bits per heavy atom. The van der Waals surface area contributed by atoms with Gasteiger partial charge in [-0.1, -0.05) is 35.8 Å². The van der Waals surface area contributed by atoms with Crippen molar-refractivity contribution >= 4 is 72.4 Å². The lowest BCUT2D eigenvalue weighted by Crippen LogP contribution is -2.37. The second kappa shape index (κ2) is 10.7. The van der Waals surface area contributed by atoms with Gasteiger partial charge in [0, 0.05) is 21.8 Å². The average molecular weight is 543 g/mol. The second-order valence-electron chi connectivity index (χ2n) is 6.55. The van der Waals surface area contributed by atoms with Crippen molar-refractivity contribution in [1.29, 1.82) is 0 Å². The van der Waals surface area contributed by atoms with Crippen LogP contribution in [0.1, 0.15) is 19.4 Å². The zero-order valence-electron chi connectivity index (χ0n) is 16.1. The Balaban J connectivity index is 1.89. The maximum atomic E-state index is 12.1. The SMILES string of the molecule is Cc1cc(Br)cc(Br)c1OCC(=O)NC(=S)Nc1cccc(NC(=O)C(C)C)c1. The van der Waals surface area contributed by atoms with Crippen LogP contribution in [0.2, 0.25) is 0 Å². The molecule has 2 rings (SSSR count). The number of halogens is 2. The quantitative estimate of drug-likeness (QED) is 0.447. The van der Waals surface area contributed by atoms with Crippen LogP contribution in [0.25, 0.3) is 0 Å². The smallest absolute Gasteiger partial charge is 0.264 e. The number of ether oxygens (including phenoxy) is 1. The number of amides is 2. The zero-order valence-corrected chi connectivity index (χ0v) is 20.1. The van der Waals surface area contributed by atoms with Gasteiger partial charge in [-0.05, 0) is 71.0 Å². The number of rotatable bonds is 6. The van der Waals surface area contributed by atoms with Gasteiger partial charge >= 0.3 is 0 Å². The van der Waals surface area contributed by atoms with Crippen molar-refractivity contribution in [2.24, 2.45) is 5.92 Å². The molecule has 0 heterocycles. The Labute approximate surface area is 192 Å². The molecule has 2 aromatic carbocycles. The fourth-order valence-corrected chi connectivity index (χ4v) is 4.08. The number of hydrogen-bond donors (Lipinski definition) is 3. The van der Waals surface area contributed by atoms with Crippen molar-refractivity contribution in [2.75, 3.05) is 17.2 Å². The standard InChI is InChI=1S/C20H21Br2N3O3S/c1-11(2)19(27)23-14-5-4-6-15(9-14)24-20(29)25-17(26)10-28-18-12(3)7-13(21)8-16(18)22/h4-9,11H,10H2,1-3H3,(H,23,27)(H2,24,25,26,29).